The first kappa shape index (κ1) is 21.7. The van der Waals surface area contributed by atoms with Gasteiger partial charge in [0, 0.05) is 11.3 Å². The van der Waals surface area contributed by atoms with Crippen molar-refractivity contribution in [3.63, 3.8) is 0 Å². The number of carbonyl (C=O) groups excluding carboxylic acids is 2. The molecule has 32 heavy (non-hydrogen) atoms. The standard InChI is InChI=1S/C25H22ClNO5/c1-13-9-14(2)11-17(10-13)27-22(19-8-5-15(3)32-19)21(24(29)25(27)30)23(28)16-6-7-18(26)20(12-16)31-4/h5-12,22,28H,1-4H3/b23-21-. The van der Waals surface area contributed by atoms with Gasteiger partial charge in [0.05, 0.1) is 17.7 Å². The summed E-state index contributed by atoms with van der Waals surface area (Å²) < 4.78 is 11.1. The third-order valence-electron chi connectivity index (χ3n) is 5.38. The number of aliphatic hydroxyl groups excluding tert-OH is 1. The van der Waals surface area contributed by atoms with Crippen molar-refractivity contribution in [2.45, 2.75) is 26.8 Å². The molecule has 1 saturated heterocycles. The van der Waals surface area contributed by atoms with Crippen LogP contribution in [-0.4, -0.2) is 23.9 Å². The van der Waals surface area contributed by atoms with Crippen molar-refractivity contribution < 1.29 is 23.8 Å². The van der Waals surface area contributed by atoms with Crippen molar-refractivity contribution in [1.29, 1.82) is 0 Å². The topological polar surface area (TPSA) is 80.0 Å². The number of furan rings is 1. The Morgan fingerprint density at radius 3 is 2.31 bits per heavy atom. The second-order valence-corrected chi connectivity index (χ2v) is 8.22. The molecule has 6 nitrogen and oxygen atoms in total. The highest BCUT2D eigenvalue weighted by Gasteiger charge is 2.48. The van der Waals surface area contributed by atoms with Gasteiger partial charge in [-0.3, -0.25) is 14.5 Å². The van der Waals surface area contributed by atoms with E-state index in [9.17, 15) is 14.7 Å². The van der Waals surface area contributed by atoms with Crippen LogP contribution in [0.5, 0.6) is 5.75 Å². The molecular formula is C25H22ClNO5. The Bertz CT molecular complexity index is 1250. The maximum Gasteiger partial charge on any atom is 0.300 e. The van der Waals surface area contributed by atoms with Crippen LogP contribution in [0.4, 0.5) is 5.69 Å². The minimum Gasteiger partial charge on any atom is -0.507 e. The molecule has 0 radical (unpaired) electrons. The molecule has 7 heteroatoms. The highest BCUT2D eigenvalue weighted by Crippen LogP contribution is 2.43. The quantitative estimate of drug-likeness (QED) is 0.322. The monoisotopic (exact) mass is 451 g/mol. The molecule has 3 aromatic rings. The second kappa shape index (κ2) is 8.20. The number of hydrogen-bond acceptors (Lipinski definition) is 5. The zero-order valence-electron chi connectivity index (χ0n) is 18.1. The lowest BCUT2D eigenvalue weighted by atomic mass is 9.99. The van der Waals surface area contributed by atoms with Crippen molar-refractivity contribution in [3.05, 3.63) is 87.3 Å². The van der Waals surface area contributed by atoms with Crippen LogP contribution in [0.1, 0.15) is 34.3 Å². The third-order valence-corrected chi connectivity index (χ3v) is 5.70. The van der Waals surface area contributed by atoms with Gasteiger partial charge in [-0.1, -0.05) is 17.7 Å². The lowest BCUT2D eigenvalue weighted by Gasteiger charge is -2.24. The highest BCUT2D eigenvalue weighted by atomic mass is 35.5. The maximum atomic E-state index is 13.2. The molecule has 0 aliphatic carbocycles. The molecule has 1 N–H and O–H groups in total. The van der Waals surface area contributed by atoms with Crippen molar-refractivity contribution in [2.24, 2.45) is 0 Å². The van der Waals surface area contributed by atoms with E-state index in [1.807, 2.05) is 32.0 Å². The van der Waals surface area contributed by atoms with Crippen LogP contribution in [0.3, 0.4) is 0 Å². The number of methoxy groups -OCH3 is 1. The van der Waals surface area contributed by atoms with Gasteiger partial charge >= 0.3 is 0 Å². The van der Waals surface area contributed by atoms with Crippen molar-refractivity contribution >= 4 is 34.7 Å². The number of ether oxygens (including phenoxy) is 1. The molecule has 0 bridgehead atoms. The van der Waals surface area contributed by atoms with Crippen LogP contribution in [-0.2, 0) is 9.59 Å². The molecule has 2 heterocycles. The summed E-state index contributed by atoms with van der Waals surface area (Å²) in [6.45, 7) is 5.61. The average Bonchev–Trinajstić information content (AvgIpc) is 3.28. The van der Waals surface area contributed by atoms with Crippen LogP contribution in [0, 0.1) is 20.8 Å². The molecule has 0 saturated carbocycles. The Hall–Kier alpha value is -3.51. The molecular weight excluding hydrogens is 430 g/mol. The lowest BCUT2D eigenvalue weighted by molar-refractivity contribution is -0.132. The second-order valence-electron chi connectivity index (χ2n) is 7.81. The molecule has 1 fully saturated rings. The number of ketones is 1. The third kappa shape index (κ3) is 3.67. The number of Topliss-reactive ketones (excluding diaryl/α,β-unsaturated/α-hetero) is 1. The van der Waals surface area contributed by atoms with Gasteiger partial charge in [0.2, 0.25) is 0 Å². The fourth-order valence-electron chi connectivity index (χ4n) is 4.02. The molecule has 1 aromatic heterocycles. The lowest BCUT2D eigenvalue weighted by Crippen LogP contribution is -2.29. The number of hydrogen-bond donors (Lipinski definition) is 1. The number of benzene rings is 2. The van der Waals surface area contributed by atoms with Gasteiger partial charge in [0.15, 0.2) is 0 Å². The Morgan fingerprint density at radius 1 is 1.03 bits per heavy atom. The number of rotatable bonds is 4. The molecule has 1 amide bonds. The average molecular weight is 452 g/mol. The SMILES string of the molecule is COc1cc(/C(O)=C2/C(=O)C(=O)N(c3cc(C)cc(C)c3)C2c2ccc(C)o2)ccc1Cl. The summed E-state index contributed by atoms with van der Waals surface area (Å²) in [5.74, 6) is -0.525. The van der Waals surface area contributed by atoms with Crippen LogP contribution in [0.25, 0.3) is 5.76 Å². The number of amides is 1. The minimum absolute atomic E-state index is 0.0621. The normalized spacial score (nSPS) is 17.8. The van der Waals surface area contributed by atoms with Crippen molar-refractivity contribution in [3.8, 4) is 5.75 Å². The zero-order chi connectivity index (χ0) is 23.2. The van der Waals surface area contributed by atoms with E-state index in [1.54, 1.807) is 31.2 Å². The zero-order valence-corrected chi connectivity index (χ0v) is 18.9. The van der Waals surface area contributed by atoms with E-state index in [0.717, 1.165) is 11.1 Å². The first-order valence-corrected chi connectivity index (χ1v) is 10.4. The summed E-state index contributed by atoms with van der Waals surface area (Å²) in [6.07, 6.45) is 0. The van der Waals surface area contributed by atoms with Gasteiger partial charge in [-0.05, 0) is 74.4 Å². The fraction of sp³-hybridized carbons (Fsp3) is 0.200. The Labute approximate surface area is 190 Å². The van der Waals surface area contributed by atoms with Gasteiger partial charge in [0.1, 0.15) is 29.1 Å². The molecule has 1 atom stereocenters. The van der Waals surface area contributed by atoms with E-state index < -0.39 is 17.7 Å². The molecule has 1 aliphatic heterocycles. The maximum absolute atomic E-state index is 13.2. The van der Waals surface area contributed by atoms with Crippen LogP contribution < -0.4 is 9.64 Å². The van der Waals surface area contributed by atoms with E-state index in [1.165, 1.54) is 18.1 Å². The number of aliphatic hydroxyl groups is 1. The Morgan fingerprint density at radius 2 is 1.72 bits per heavy atom. The van der Waals surface area contributed by atoms with Crippen molar-refractivity contribution in [1.82, 2.24) is 0 Å². The molecule has 1 unspecified atom stereocenters. The van der Waals surface area contributed by atoms with Crippen molar-refractivity contribution in [2.75, 3.05) is 12.0 Å². The van der Waals surface area contributed by atoms with Crippen LogP contribution >= 0.6 is 11.6 Å². The summed E-state index contributed by atoms with van der Waals surface area (Å²) in [6, 6.07) is 12.8. The summed E-state index contributed by atoms with van der Waals surface area (Å²) in [4.78, 5) is 27.7. The summed E-state index contributed by atoms with van der Waals surface area (Å²) in [5, 5.41) is 11.5. The fourth-order valence-corrected chi connectivity index (χ4v) is 4.22. The molecule has 164 valence electrons. The first-order valence-electron chi connectivity index (χ1n) is 10.0. The first-order chi connectivity index (χ1) is 15.2. The van der Waals surface area contributed by atoms with Gasteiger partial charge in [0.25, 0.3) is 11.7 Å². The smallest absolute Gasteiger partial charge is 0.300 e. The summed E-state index contributed by atoms with van der Waals surface area (Å²) in [5.41, 5.74) is 2.68. The molecule has 4 rings (SSSR count). The van der Waals surface area contributed by atoms with Crippen LogP contribution in [0.15, 0.2) is 58.5 Å². The number of anilines is 1. The molecule has 2 aromatic carbocycles. The number of nitrogens with zero attached hydrogens (tertiary/aromatic N) is 1. The number of halogens is 1. The van der Waals surface area contributed by atoms with E-state index in [0.29, 0.717) is 33.5 Å². The van der Waals surface area contributed by atoms with Gasteiger partial charge in [-0.25, -0.2) is 0 Å². The summed E-state index contributed by atoms with van der Waals surface area (Å²) in [7, 11) is 1.45. The van der Waals surface area contributed by atoms with Crippen LogP contribution in [0.2, 0.25) is 5.02 Å². The number of aryl methyl sites for hydroxylation is 3. The molecule has 1 aliphatic rings. The Kier molecular flexibility index (Phi) is 5.57. The predicted octanol–water partition coefficient (Wildman–Crippen LogP) is 5.49. The van der Waals surface area contributed by atoms with Gasteiger partial charge in [-0.15, -0.1) is 0 Å². The Balaban J connectivity index is 1.96. The predicted molar refractivity (Wildman–Crippen MR) is 122 cm³/mol. The highest BCUT2D eigenvalue weighted by molar-refractivity contribution is 6.51. The van der Waals surface area contributed by atoms with E-state index in [2.05, 4.69) is 0 Å². The molecule has 0 spiro atoms. The summed E-state index contributed by atoms with van der Waals surface area (Å²) >= 11 is 6.11. The van der Waals surface area contributed by atoms with E-state index in [4.69, 9.17) is 20.8 Å². The largest absolute Gasteiger partial charge is 0.507 e. The van der Waals surface area contributed by atoms with E-state index in [-0.39, 0.29) is 11.3 Å². The minimum atomic E-state index is -0.924. The van der Waals surface area contributed by atoms with Gasteiger partial charge < -0.3 is 14.3 Å². The van der Waals surface area contributed by atoms with E-state index >= 15 is 0 Å². The van der Waals surface area contributed by atoms with Gasteiger partial charge in [-0.2, -0.15) is 0 Å². The number of carbonyl (C=O) groups is 2.